The van der Waals surface area contributed by atoms with Gasteiger partial charge in [0.2, 0.25) is 0 Å². The molecule has 1 aliphatic heterocycles. The molecule has 1 aliphatic rings. The van der Waals surface area contributed by atoms with Gasteiger partial charge in [-0.1, -0.05) is 0 Å². The minimum atomic E-state index is 0.844. The fourth-order valence-corrected chi connectivity index (χ4v) is 0.829. The molecule has 0 radical (unpaired) electrons. The van der Waals surface area contributed by atoms with E-state index in [2.05, 4.69) is 5.32 Å². The van der Waals surface area contributed by atoms with Crippen molar-refractivity contribution in [2.24, 2.45) is 0 Å². The summed E-state index contributed by atoms with van der Waals surface area (Å²) in [7, 11) is 0. The lowest BCUT2D eigenvalue weighted by Gasteiger charge is -1.86. The van der Waals surface area contributed by atoms with Gasteiger partial charge < -0.3 is 10.1 Å². The Kier molecular flexibility index (Phi) is 8.85. The smallest absolute Gasteiger partial charge is 0.0437 e. The number of rotatable bonds is 2. The summed E-state index contributed by atoms with van der Waals surface area (Å²) in [6.07, 6.45) is 2.78. The quantitative estimate of drug-likeness (QED) is 0.634. The molecule has 10 heavy (non-hydrogen) atoms. The second-order valence-corrected chi connectivity index (χ2v) is 2.24. The molecule has 62 valence electrons. The van der Waals surface area contributed by atoms with Gasteiger partial charge in [0.05, 0.1) is 0 Å². The summed E-state index contributed by atoms with van der Waals surface area (Å²) < 4.78 is 4.83. The predicted molar refractivity (Wildman–Crippen MR) is 44.3 cm³/mol. The van der Waals surface area contributed by atoms with Crippen LogP contribution in [0.3, 0.4) is 0 Å². The highest BCUT2D eigenvalue weighted by Crippen LogP contribution is 1.90. The lowest BCUT2D eigenvalue weighted by atomic mass is 10.4. The third-order valence-electron chi connectivity index (χ3n) is 1.37. The number of nitrogens with one attached hydrogen (secondary N) is 1. The van der Waals surface area contributed by atoms with E-state index < -0.39 is 0 Å². The lowest BCUT2D eigenvalue weighted by Crippen LogP contribution is -2.03. The molecule has 2 heteroatoms. The van der Waals surface area contributed by atoms with Gasteiger partial charge in [0.15, 0.2) is 0 Å². The van der Waals surface area contributed by atoms with Crippen LogP contribution in [0.15, 0.2) is 0 Å². The van der Waals surface area contributed by atoms with E-state index in [4.69, 9.17) is 4.74 Å². The SMILES string of the molecule is C1CCNC1.CCOCC. The molecule has 1 heterocycles. The summed E-state index contributed by atoms with van der Waals surface area (Å²) in [5.41, 5.74) is 0. The third-order valence-corrected chi connectivity index (χ3v) is 1.37. The van der Waals surface area contributed by atoms with Gasteiger partial charge in [-0.25, -0.2) is 0 Å². The Morgan fingerprint density at radius 1 is 1.10 bits per heavy atom. The first-order valence-electron chi connectivity index (χ1n) is 4.20. The van der Waals surface area contributed by atoms with Crippen LogP contribution in [0.4, 0.5) is 0 Å². The number of ether oxygens (including phenoxy) is 1. The van der Waals surface area contributed by atoms with Gasteiger partial charge >= 0.3 is 0 Å². The Morgan fingerprint density at radius 2 is 1.60 bits per heavy atom. The van der Waals surface area contributed by atoms with Crippen molar-refractivity contribution in [2.45, 2.75) is 26.7 Å². The van der Waals surface area contributed by atoms with Crippen molar-refractivity contribution in [3.63, 3.8) is 0 Å². The summed E-state index contributed by atoms with van der Waals surface area (Å²) in [5.74, 6) is 0. The van der Waals surface area contributed by atoms with Crippen molar-refractivity contribution in [3.05, 3.63) is 0 Å². The van der Waals surface area contributed by atoms with Crippen LogP contribution in [-0.2, 0) is 4.74 Å². The molecular weight excluding hydrogens is 126 g/mol. The van der Waals surface area contributed by atoms with Crippen LogP contribution in [-0.4, -0.2) is 26.3 Å². The standard InChI is InChI=1S/C4H9N.C4H10O/c1-2-4-5-3-1;1-3-5-4-2/h5H,1-4H2;3-4H2,1-2H3. The molecule has 1 fully saturated rings. The minimum Gasteiger partial charge on any atom is -0.382 e. The third kappa shape index (κ3) is 7.92. The molecule has 1 rings (SSSR count). The number of hydrogen-bond donors (Lipinski definition) is 1. The van der Waals surface area contributed by atoms with E-state index in [0.29, 0.717) is 0 Å². The average Bonchev–Trinajstić information content (AvgIpc) is 2.44. The van der Waals surface area contributed by atoms with Gasteiger partial charge in [-0.2, -0.15) is 0 Å². The van der Waals surface area contributed by atoms with Crippen LogP contribution in [0, 0.1) is 0 Å². The number of hydrogen-bond acceptors (Lipinski definition) is 2. The van der Waals surface area contributed by atoms with Crippen molar-refractivity contribution < 1.29 is 4.74 Å². The topological polar surface area (TPSA) is 21.3 Å². The molecule has 1 saturated heterocycles. The molecule has 0 unspecified atom stereocenters. The highest BCUT2D eigenvalue weighted by atomic mass is 16.5. The van der Waals surface area contributed by atoms with Crippen LogP contribution >= 0.6 is 0 Å². The first kappa shape index (κ1) is 9.92. The molecule has 0 saturated carbocycles. The van der Waals surface area contributed by atoms with E-state index in [9.17, 15) is 0 Å². The zero-order valence-electron chi connectivity index (χ0n) is 7.15. The van der Waals surface area contributed by atoms with Crippen molar-refractivity contribution in [1.82, 2.24) is 5.32 Å². The molecule has 0 spiro atoms. The van der Waals surface area contributed by atoms with E-state index in [-0.39, 0.29) is 0 Å². The molecule has 0 aliphatic carbocycles. The van der Waals surface area contributed by atoms with Crippen LogP contribution in [0.1, 0.15) is 26.7 Å². The van der Waals surface area contributed by atoms with Crippen LogP contribution in [0.2, 0.25) is 0 Å². The van der Waals surface area contributed by atoms with Crippen LogP contribution in [0.25, 0.3) is 0 Å². The maximum absolute atomic E-state index is 4.83. The second kappa shape index (κ2) is 8.92. The van der Waals surface area contributed by atoms with E-state index >= 15 is 0 Å². The Bertz CT molecular complexity index is 43.6. The lowest BCUT2D eigenvalue weighted by molar-refractivity contribution is 0.162. The normalized spacial score (nSPS) is 16.2. The van der Waals surface area contributed by atoms with Gasteiger partial charge in [0, 0.05) is 13.2 Å². The zero-order chi connectivity index (χ0) is 7.66. The fourth-order valence-electron chi connectivity index (χ4n) is 0.829. The van der Waals surface area contributed by atoms with E-state index in [1.54, 1.807) is 0 Å². The zero-order valence-corrected chi connectivity index (χ0v) is 7.15. The van der Waals surface area contributed by atoms with Crippen LogP contribution in [0.5, 0.6) is 0 Å². The van der Waals surface area contributed by atoms with Gasteiger partial charge in [-0.15, -0.1) is 0 Å². The molecule has 1 N–H and O–H groups in total. The monoisotopic (exact) mass is 145 g/mol. The highest BCUT2D eigenvalue weighted by molar-refractivity contribution is 4.55. The van der Waals surface area contributed by atoms with E-state index in [0.717, 1.165) is 13.2 Å². The summed E-state index contributed by atoms with van der Waals surface area (Å²) in [6, 6.07) is 0. The average molecular weight is 145 g/mol. The van der Waals surface area contributed by atoms with Crippen LogP contribution < -0.4 is 5.32 Å². The highest BCUT2D eigenvalue weighted by Gasteiger charge is 1.93. The Hall–Kier alpha value is -0.0800. The molecule has 0 aromatic rings. The molecule has 0 bridgehead atoms. The molecule has 0 atom stereocenters. The van der Waals surface area contributed by atoms with Gasteiger partial charge in [-0.3, -0.25) is 0 Å². The maximum atomic E-state index is 4.83. The Morgan fingerprint density at radius 3 is 1.70 bits per heavy atom. The first-order valence-corrected chi connectivity index (χ1v) is 4.20. The van der Waals surface area contributed by atoms with Crippen molar-refractivity contribution >= 4 is 0 Å². The fraction of sp³-hybridized carbons (Fsp3) is 1.00. The molecule has 0 aromatic heterocycles. The molecule has 2 nitrogen and oxygen atoms in total. The Labute approximate surface area is 64.0 Å². The molecule has 0 aromatic carbocycles. The van der Waals surface area contributed by atoms with Gasteiger partial charge in [0.1, 0.15) is 0 Å². The summed E-state index contributed by atoms with van der Waals surface area (Å²) in [6.45, 7) is 8.17. The van der Waals surface area contributed by atoms with Gasteiger partial charge in [-0.05, 0) is 39.8 Å². The summed E-state index contributed by atoms with van der Waals surface area (Å²) in [5, 5.41) is 3.22. The molecular formula is C8H19NO. The largest absolute Gasteiger partial charge is 0.382 e. The molecule has 0 amide bonds. The van der Waals surface area contributed by atoms with Crippen molar-refractivity contribution in [1.29, 1.82) is 0 Å². The Balaban J connectivity index is 0.000000162. The minimum absolute atomic E-state index is 0.844. The van der Waals surface area contributed by atoms with Crippen molar-refractivity contribution in [2.75, 3.05) is 26.3 Å². The van der Waals surface area contributed by atoms with E-state index in [1.807, 2.05) is 13.8 Å². The van der Waals surface area contributed by atoms with E-state index in [1.165, 1.54) is 25.9 Å². The summed E-state index contributed by atoms with van der Waals surface area (Å²) >= 11 is 0. The van der Waals surface area contributed by atoms with Crippen molar-refractivity contribution in [3.8, 4) is 0 Å². The predicted octanol–water partition coefficient (Wildman–Crippen LogP) is 1.41. The van der Waals surface area contributed by atoms with Gasteiger partial charge in [0.25, 0.3) is 0 Å². The summed E-state index contributed by atoms with van der Waals surface area (Å²) in [4.78, 5) is 0. The first-order chi connectivity index (χ1) is 4.91. The second-order valence-electron chi connectivity index (χ2n) is 2.24. The maximum Gasteiger partial charge on any atom is 0.0437 e.